The molecule has 0 heteroatoms. The van der Waals surface area contributed by atoms with Crippen LogP contribution < -0.4 is 0 Å². The van der Waals surface area contributed by atoms with E-state index in [-0.39, 0.29) is 0 Å². The molecule has 0 unspecified atom stereocenters. The molecule has 48 heavy (non-hydrogen) atoms. The van der Waals surface area contributed by atoms with E-state index in [9.17, 15) is 0 Å². The third-order valence-electron chi connectivity index (χ3n) is 10.2. The molecule has 0 atom stereocenters. The van der Waals surface area contributed by atoms with Gasteiger partial charge in [-0.25, -0.2) is 0 Å². The monoisotopic (exact) mass is 606 g/mol. The van der Waals surface area contributed by atoms with Gasteiger partial charge in [-0.2, -0.15) is 0 Å². The fourth-order valence-electron chi connectivity index (χ4n) is 8.03. The van der Waals surface area contributed by atoms with E-state index in [1.165, 1.54) is 98.0 Å². The lowest BCUT2D eigenvalue weighted by Gasteiger charge is -2.18. The summed E-state index contributed by atoms with van der Waals surface area (Å²) in [6, 6.07) is 67.1. The summed E-state index contributed by atoms with van der Waals surface area (Å²) < 4.78 is 0. The van der Waals surface area contributed by atoms with Gasteiger partial charge < -0.3 is 0 Å². The van der Waals surface area contributed by atoms with E-state index in [0.29, 0.717) is 0 Å². The van der Waals surface area contributed by atoms with Crippen LogP contribution in [0.15, 0.2) is 182 Å². The summed E-state index contributed by atoms with van der Waals surface area (Å²) in [5.41, 5.74) is 7.55. The lowest BCUT2D eigenvalue weighted by Crippen LogP contribution is -1.91. The highest BCUT2D eigenvalue weighted by molar-refractivity contribution is 6.24. The lowest BCUT2D eigenvalue weighted by molar-refractivity contribution is 1.64. The summed E-state index contributed by atoms with van der Waals surface area (Å²) in [4.78, 5) is 0. The zero-order valence-corrected chi connectivity index (χ0v) is 26.3. The van der Waals surface area contributed by atoms with Crippen molar-refractivity contribution in [3.63, 3.8) is 0 Å². The smallest absolute Gasteiger partial charge is 0.00262 e. The maximum atomic E-state index is 2.38. The van der Waals surface area contributed by atoms with Gasteiger partial charge in [0.25, 0.3) is 0 Å². The second-order valence-electron chi connectivity index (χ2n) is 12.8. The molecular weight excluding hydrogens is 577 g/mol. The number of hydrogen-bond acceptors (Lipinski definition) is 0. The van der Waals surface area contributed by atoms with Gasteiger partial charge in [-0.1, -0.05) is 170 Å². The molecule has 10 aromatic rings. The van der Waals surface area contributed by atoms with Gasteiger partial charge in [0.15, 0.2) is 0 Å². The van der Waals surface area contributed by atoms with E-state index in [2.05, 4.69) is 182 Å². The summed E-state index contributed by atoms with van der Waals surface area (Å²) in [6.45, 7) is 0. The molecule has 0 bridgehead atoms. The van der Waals surface area contributed by atoms with Gasteiger partial charge >= 0.3 is 0 Å². The molecule has 0 spiro atoms. The molecule has 0 amide bonds. The molecule has 0 N–H and O–H groups in total. The predicted molar refractivity (Wildman–Crippen MR) is 208 cm³/mol. The Labute approximate surface area is 279 Å². The van der Waals surface area contributed by atoms with Crippen molar-refractivity contribution < 1.29 is 0 Å². The minimum Gasteiger partial charge on any atom is -0.0616 e. The number of hydrogen-bond donors (Lipinski definition) is 0. The second kappa shape index (κ2) is 10.7. The molecule has 0 aliphatic rings. The zero-order valence-electron chi connectivity index (χ0n) is 26.3. The van der Waals surface area contributed by atoms with Crippen molar-refractivity contribution >= 4 is 64.6 Å². The van der Waals surface area contributed by atoms with Crippen LogP contribution in [-0.2, 0) is 0 Å². The molecule has 222 valence electrons. The molecule has 0 radical (unpaired) electrons. The SMILES string of the molecule is c1ccc2cc(-c3c4ccccc4c(-c4ccc(-c5cc6ccc7ccccc7c6c6ccccc56)cc4)c4ccccc34)ccc2c1. The van der Waals surface area contributed by atoms with Gasteiger partial charge in [-0.3, -0.25) is 0 Å². The van der Waals surface area contributed by atoms with Crippen LogP contribution in [0.2, 0.25) is 0 Å². The van der Waals surface area contributed by atoms with Crippen LogP contribution in [-0.4, -0.2) is 0 Å². The minimum absolute atomic E-state index is 1.23. The lowest BCUT2D eigenvalue weighted by atomic mass is 9.85. The fraction of sp³-hybridized carbons (Fsp3) is 0. The molecule has 0 saturated heterocycles. The molecular formula is C48H30. The average molecular weight is 607 g/mol. The van der Waals surface area contributed by atoms with E-state index in [4.69, 9.17) is 0 Å². The number of rotatable bonds is 3. The van der Waals surface area contributed by atoms with Crippen LogP contribution in [0.4, 0.5) is 0 Å². The summed E-state index contributed by atoms with van der Waals surface area (Å²) in [7, 11) is 0. The Morgan fingerprint density at radius 1 is 0.229 bits per heavy atom. The van der Waals surface area contributed by atoms with Crippen LogP contribution in [0.25, 0.3) is 98.0 Å². The van der Waals surface area contributed by atoms with Crippen LogP contribution in [0.3, 0.4) is 0 Å². The van der Waals surface area contributed by atoms with Gasteiger partial charge in [0.2, 0.25) is 0 Å². The summed E-state index contributed by atoms with van der Waals surface area (Å²) >= 11 is 0. The Bertz CT molecular complexity index is 2820. The molecule has 0 heterocycles. The van der Waals surface area contributed by atoms with E-state index < -0.39 is 0 Å². The van der Waals surface area contributed by atoms with E-state index in [1.807, 2.05) is 0 Å². The first-order valence-corrected chi connectivity index (χ1v) is 16.7. The van der Waals surface area contributed by atoms with Crippen LogP contribution >= 0.6 is 0 Å². The Morgan fingerprint density at radius 2 is 0.667 bits per heavy atom. The maximum Gasteiger partial charge on any atom is -0.00262 e. The zero-order chi connectivity index (χ0) is 31.6. The van der Waals surface area contributed by atoms with Gasteiger partial charge in [-0.05, 0) is 110 Å². The van der Waals surface area contributed by atoms with Crippen molar-refractivity contribution in [3.05, 3.63) is 182 Å². The van der Waals surface area contributed by atoms with Gasteiger partial charge in [0, 0.05) is 0 Å². The van der Waals surface area contributed by atoms with Crippen molar-refractivity contribution in [3.8, 4) is 33.4 Å². The molecule has 10 aromatic carbocycles. The summed E-state index contributed by atoms with van der Waals surface area (Å²) in [6.07, 6.45) is 0. The van der Waals surface area contributed by atoms with Crippen molar-refractivity contribution in [2.24, 2.45) is 0 Å². The first-order valence-electron chi connectivity index (χ1n) is 16.7. The second-order valence-corrected chi connectivity index (χ2v) is 12.8. The first kappa shape index (κ1) is 26.9. The fourth-order valence-corrected chi connectivity index (χ4v) is 8.03. The van der Waals surface area contributed by atoms with E-state index >= 15 is 0 Å². The average Bonchev–Trinajstić information content (AvgIpc) is 3.16. The molecule has 0 fully saturated rings. The number of fused-ring (bicyclic) bond motifs is 8. The highest BCUT2D eigenvalue weighted by Gasteiger charge is 2.17. The molecule has 0 saturated carbocycles. The van der Waals surface area contributed by atoms with Crippen LogP contribution in [0.5, 0.6) is 0 Å². The highest BCUT2D eigenvalue weighted by atomic mass is 14.2. The van der Waals surface area contributed by atoms with Gasteiger partial charge in [0.1, 0.15) is 0 Å². The standard InChI is InChI=1S/C48H30/c1-2-13-35-29-36(27-21-31(35)11-1)48-43-19-9-7-17-41(43)46(42-18-8-10-20-44(42)48)34-25-22-33(23-26-34)45-30-37-28-24-32-12-3-4-14-38(32)47(37)40-16-6-5-15-39(40)45/h1-30H. The Kier molecular flexibility index (Phi) is 5.98. The summed E-state index contributed by atoms with van der Waals surface area (Å²) in [5, 5.41) is 15.4. The molecule has 0 aromatic heterocycles. The van der Waals surface area contributed by atoms with Crippen LogP contribution in [0.1, 0.15) is 0 Å². The normalized spacial score (nSPS) is 11.8. The third kappa shape index (κ3) is 4.10. The minimum atomic E-state index is 1.23. The number of benzene rings is 10. The topological polar surface area (TPSA) is 0 Å². The largest absolute Gasteiger partial charge is 0.0616 e. The predicted octanol–water partition coefficient (Wildman–Crippen LogP) is 13.6. The van der Waals surface area contributed by atoms with Crippen molar-refractivity contribution in [2.75, 3.05) is 0 Å². The molecule has 0 aliphatic heterocycles. The van der Waals surface area contributed by atoms with Crippen molar-refractivity contribution in [1.82, 2.24) is 0 Å². The van der Waals surface area contributed by atoms with Gasteiger partial charge in [-0.15, -0.1) is 0 Å². The van der Waals surface area contributed by atoms with Crippen molar-refractivity contribution in [1.29, 1.82) is 0 Å². The highest BCUT2D eigenvalue weighted by Crippen LogP contribution is 2.45. The van der Waals surface area contributed by atoms with Gasteiger partial charge in [0.05, 0.1) is 0 Å². The van der Waals surface area contributed by atoms with E-state index in [0.717, 1.165) is 0 Å². The van der Waals surface area contributed by atoms with Crippen LogP contribution in [0, 0.1) is 0 Å². The van der Waals surface area contributed by atoms with Crippen molar-refractivity contribution in [2.45, 2.75) is 0 Å². The molecule has 0 aliphatic carbocycles. The Hall–Kier alpha value is -6.24. The summed E-state index contributed by atoms with van der Waals surface area (Å²) in [5.74, 6) is 0. The third-order valence-corrected chi connectivity index (χ3v) is 10.2. The van der Waals surface area contributed by atoms with E-state index in [1.54, 1.807) is 0 Å². The maximum absolute atomic E-state index is 2.38. The molecule has 10 rings (SSSR count). The first-order chi connectivity index (χ1) is 23.8. The Morgan fingerprint density at radius 3 is 1.33 bits per heavy atom. The molecule has 0 nitrogen and oxygen atoms in total. The Balaban J connectivity index is 1.18. The quantitative estimate of drug-likeness (QED) is 0.139.